The van der Waals surface area contributed by atoms with Crippen LogP contribution in [0.5, 0.6) is 5.75 Å². The number of nitrogens with two attached hydrogens (primary N) is 1. The van der Waals surface area contributed by atoms with E-state index in [4.69, 9.17) is 15.0 Å². The molecule has 0 aliphatic rings. The minimum Gasteiger partial charge on any atom is -0.497 e. The first-order valence-corrected chi connectivity index (χ1v) is 7.55. The molecule has 3 rings (SSSR count). The second-order valence-electron chi connectivity index (χ2n) is 5.22. The molecule has 2 N–H and O–H groups in total. The normalized spacial score (nSPS) is 12.2. The first-order valence-electron chi connectivity index (χ1n) is 7.55. The molecule has 1 aromatic carbocycles. The number of ether oxygens (including phenoxy) is 1. The third-order valence-electron chi connectivity index (χ3n) is 3.38. The molecule has 2 aromatic heterocycles. The Bertz CT molecular complexity index is 899. The van der Waals surface area contributed by atoms with Crippen LogP contribution in [0, 0.1) is 6.92 Å². The van der Waals surface area contributed by atoms with E-state index in [1.807, 2.05) is 37.3 Å². The van der Waals surface area contributed by atoms with Gasteiger partial charge >= 0.3 is 0 Å². The Morgan fingerprint density at radius 1 is 1.24 bits per heavy atom. The summed E-state index contributed by atoms with van der Waals surface area (Å²) in [4.78, 5) is 12.7. The van der Waals surface area contributed by atoms with Gasteiger partial charge in [-0.25, -0.2) is 9.98 Å². The number of hydrogen-bond acceptors (Lipinski definition) is 6. The number of methoxy groups -OCH3 is 1. The van der Waals surface area contributed by atoms with Crippen LogP contribution in [-0.4, -0.2) is 28.1 Å². The Balaban J connectivity index is 2.03. The summed E-state index contributed by atoms with van der Waals surface area (Å²) in [5, 5.41) is 3.89. The lowest BCUT2D eigenvalue weighted by Crippen LogP contribution is -2.15. The van der Waals surface area contributed by atoms with Crippen LogP contribution in [0.15, 0.2) is 58.4 Å². The van der Waals surface area contributed by atoms with Gasteiger partial charge in [-0.3, -0.25) is 4.98 Å². The summed E-state index contributed by atoms with van der Waals surface area (Å²) in [6, 6.07) is 9.30. The van der Waals surface area contributed by atoms with Gasteiger partial charge in [0.2, 0.25) is 0 Å². The number of aliphatic imine (C=N–C) groups is 1. The van der Waals surface area contributed by atoms with Crippen LogP contribution in [0.2, 0.25) is 0 Å². The third kappa shape index (κ3) is 4.08. The Labute approximate surface area is 144 Å². The molecule has 0 radical (unpaired) electrons. The van der Waals surface area contributed by atoms with E-state index >= 15 is 0 Å². The zero-order valence-corrected chi connectivity index (χ0v) is 13.9. The number of aryl methyl sites for hydroxylation is 1. The molecule has 0 spiro atoms. The van der Waals surface area contributed by atoms with Crippen molar-refractivity contribution < 1.29 is 9.26 Å². The number of nitrogens with zero attached hydrogens (tertiary/aromatic N) is 4. The van der Waals surface area contributed by atoms with Crippen molar-refractivity contribution in [2.75, 3.05) is 7.11 Å². The van der Waals surface area contributed by atoms with Gasteiger partial charge in [-0.2, -0.15) is 0 Å². The Morgan fingerprint density at radius 2 is 2.04 bits per heavy atom. The predicted octanol–water partition coefficient (Wildman–Crippen LogP) is 2.69. The lowest BCUT2D eigenvalue weighted by atomic mass is 10.1. The molecule has 3 aromatic rings. The highest BCUT2D eigenvalue weighted by Crippen LogP contribution is 2.23. The van der Waals surface area contributed by atoms with Gasteiger partial charge in [0.15, 0.2) is 11.6 Å². The molecule has 0 amide bonds. The van der Waals surface area contributed by atoms with Gasteiger partial charge in [0.25, 0.3) is 0 Å². The van der Waals surface area contributed by atoms with Gasteiger partial charge in [0.05, 0.1) is 24.7 Å². The van der Waals surface area contributed by atoms with E-state index in [0.29, 0.717) is 17.2 Å². The van der Waals surface area contributed by atoms with Crippen LogP contribution in [-0.2, 0) is 0 Å². The predicted molar refractivity (Wildman–Crippen MR) is 94.9 cm³/mol. The molecule has 7 heteroatoms. The third-order valence-corrected chi connectivity index (χ3v) is 3.38. The molecule has 2 heterocycles. The number of amidine groups is 1. The molecule has 0 bridgehead atoms. The summed E-state index contributed by atoms with van der Waals surface area (Å²) in [7, 11) is 1.62. The average molecular weight is 335 g/mol. The van der Waals surface area contributed by atoms with Crippen LogP contribution in [0.4, 0.5) is 0 Å². The maximum Gasteiger partial charge on any atom is 0.162 e. The van der Waals surface area contributed by atoms with Gasteiger partial charge in [0, 0.05) is 30.1 Å². The number of aromatic nitrogens is 3. The Hall–Kier alpha value is -3.48. The molecule has 0 atom stereocenters. The van der Waals surface area contributed by atoms with Gasteiger partial charge in [-0.15, -0.1) is 0 Å². The van der Waals surface area contributed by atoms with Crippen LogP contribution in [0.3, 0.4) is 0 Å². The van der Waals surface area contributed by atoms with Crippen molar-refractivity contribution in [3.63, 3.8) is 0 Å². The summed E-state index contributed by atoms with van der Waals surface area (Å²) in [5.41, 5.74) is 8.83. The van der Waals surface area contributed by atoms with Crippen molar-refractivity contribution in [3.05, 3.63) is 71.6 Å². The standard InChI is InChI=1S/C18H17N5O2/c1-12-9-15(25-23-12)10-16(13-3-5-14(24-2)6-4-13)22-18(19)17-11-20-7-8-21-17/h3-11H,1-2H3,(H2,19,22)/b16-10-. The average Bonchev–Trinajstić information content (AvgIpc) is 3.07. The van der Waals surface area contributed by atoms with E-state index < -0.39 is 0 Å². The first kappa shape index (κ1) is 16.4. The highest BCUT2D eigenvalue weighted by atomic mass is 16.5. The molecule has 0 aliphatic carbocycles. The fourth-order valence-electron chi connectivity index (χ4n) is 2.15. The molecule has 126 valence electrons. The van der Waals surface area contributed by atoms with Crippen molar-refractivity contribution in [1.82, 2.24) is 15.1 Å². The monoisotopic (exact) mass is 335 g/mol. The molecule has 25 heavy (non-hydrogen) atoms. The number of hydrogen-bond donors (Lipinski definition) is 1. The summed E-state index contributed by atoms with van der Waals surface area (Å²) in [5.74, 6) is 1.59. The summed E-state index contributed by atoms with van der Waals surface area (Å²) in [6.45, 7) is 1.85. The molecule has 0 saturated heterocycles. The van der Waals surface area contributed by atoms with Crippen LogP contribution in [0.25, 0.3) is 11.8 Å². The highest BCUT2D eigenvalue weighted by molar-refractivity contribution is 6.00. The summed E-state index contributed by atoms with van der Waals surface area (Å²) in [6.07, 6.45) is 6.47. The SMILES string of the molecule is COc1ccc(/C(=C/c2cc(C)no2)N=C(N)c2cnccn2)cc1. The smallest absolute Gasteiger partial charge is 0.162 e. The Morgan fingerprint density at radius 3 is 2.64 bits per heavy atom. The van der Waals surface area contributed by atoms with E-state index in [9.17, 15) is 0 Å². The molecule has 0 saturated carbocycles. The molecule has 0 fully saturated rings. The molecule has 7 nitrogen and oxygen atoms in total. The van der Waals surface area contributed by atoms with E-state index in [1.165, 1.54) is 0 Å². The minimum absolute atomic E-state index is 0.256. The lowest BCUT2D eigenvalue weighted by molar-refractivity contribution is 0.408. The number of rotatable bonds is 5. The molecule has 0 unspecified atom stereocenters. The molecular weight excluding hydrogens is 318 g/mol. The number of benzene rings is 1. The summed E-state index contributed by atoms with van der Waals surface area (Å²) >= 11 is 0. The molecule has 0 aliphatic heterocycles. The second-order valence-corrected chi connectivity index (χ2v) is 5.22. The van der Waals surface area contributed by atoms with Gasteiger partial charge in [-0.1, -0.05) is 5.16 Å². The quantitative estimate of drug-likeness (QED) is 0.568. The van der Waals surface area contributed by atoms with Crippen molar-refractivity contribution >= 4 is 17.6 Å². The van der Waals surface area contributed by atoms with E-state index in [-0.39, 0.29) is 5.84 Å². The van der Waals surface area contributed by atoms with Gasteiger partial charge in [-0.05, 0) is 31.2 Å². The van der Waals surface area contributed by atoms with Crippen molar-refractivity contribution in [1.29, 1.82) is 0 Å². The fraction of sp³-hybridized carbons (Fsp3) is 0.111. The van der Waals surface area contributed by atoms with Crippen molar-refractivity contribution in [3.8, 4) is 5.75 Å². The van der Waals surface area contributed by atoms with Crippen LogP contribution >= 0.6 is 0 Å². The van der Waals surface area contributed by atoms with Crippen molar-refractivity contribution in [2.24, 2.45) is 10.7 Å². The van der Waals surface area contributed by atoms with Crippen LogP contribution in [0.1, 0.15) is 22.7 Å². The second kappa shape index (κ2) is 7.39. The van der Waals surface area contributed by atoms with E-state index in [1.54, 1.807) is 31.8 Å². The van der Waals surface area contributed by atoms with Crippen molar-refractivity contribution in [2.45, 2.75) is 6.92 Å². The maximum absolute atomic E-state index is 6.08. The van der Waals surface area contributed by atoms with Gasteiger partial charge in [0.1, 0.15) is 11.4 Å². The summed E-state index contributed by atoms with van der Waals surface area (Å²) < 4.78 is 10.5. The van der Waals surface area contributed by atoms with Crippen LogP contribution < -0.4 is 10.5 Å². The van der Waals surface area contributed by atoms with E-state index in [0.717, 1.165) is 17.0 Å². The van der Waals surface area contributed by atoms with Gasteiger partial charge < -0.3 is 15.0 Å². The topological polar surface area (TPSA) is 99.4 Å². The zero-order chi connectivity index (χ0) is 17.6. The maximum atomic E-state index is 6.08. The molecular formula is C18H17N5O2. The fourth-order valence-corrected chi connectivity index (χ4v) is 2.15. The zero-order valence-electron chi connectivity index (χ0n) is 13.9. The largest absolute Gasteiger partial charge is 0.497 e. The van der Waals surface area contributed by atoms with E-state index in [2.05, 4.69) is 20.1 Å². The minimum atomic E-state index is 0.256. The lowest BCUT2D eigenvalue weighted by Gasteiger charge is -2.06. The first-order chi connectivity index (χ1) is 12.2. The Kier molecular flexibility index (Phi) is 4.84. The highest BCUT2D eigenvalue weighted by Gasteiger charge is 2.07.